The summed E-state index contributed by atoms with van der Waals surface area (Å²) in [6, 6.07) is 20.1. The smallest absolute Gasteiger partial charge is 0.266 e. The molecule has 3 aromatic carbocycles. The maximum Gasteiger partial charge on any atom is 0.266 e. The summed E-state index contributed by atoms with van der Waals surface area (Å²) >= 11 is 0. The van der Waals surface area contributed by atoms with E-state index in [0.717, 1.165) is 17.7 Å². The topological polar surface area (TPSA) is 82.9 Å². The molecule has 2 atom stereocenters. The second-order valence-corrected chi connectivity index (χ2v) is 12.8. The molecule has 0 saturated heterocycles. The Morgan fingerprint density at radius 3 is 2.29 bits per heavy atom. The van der Waals surface area contributed by atoms with Crippen LogP contribution in [0, 0.1) is 11.3 Å². The van der Waals surface area contributed by atoms with E-state index in [0.29, 0.717) is 59.9 Å². The van der Waals surface area contributed by atoms with Crippen LogP contribution in [0.2, 0.25) is 0 Å². The number of carbonyl (C=O) groups is 1. The Bertz CT molecular complexity index is 1660. The van der Waals surface area contributed by atoms with Crippen LogP contribution in [-0.4, -0.2) is 47.7 Å². The molecule has 4 rings (SSSR count). The average Bonchev–Trinajstić information content (AvgIpc) is 3.00. The van der Waals surface area contributed by atoms with Crippen LogP contribution in [0.15, 0.2) is 71.5 Å². The van der Waals surface area contributed by atoms with Gasteiger partial charge in [0.1, 0.15) is 11.6 Å². The number of rotatable bonds is 13. The Hall–Kier alpha value is -4.33. The highest BCUT2D eigenvalue weighted by atomic mass is 16.5. The van der Waals surface area contributed by atoms with Crippen molar-refractivity contribution in [2.45, 2.75) is 66.8 Å². The van der Waals surface area contributed by atoms with Gasteiger partial charge in [0.05, 0.1) is 43.5 Å². The van der Waals surface area contributed by atoms with Gasteiger partial charge in [-0.05, 0) is 92.1 Å². The van der Waals surface area contributed by atoms with Crippen molar-refractivity contribution in [3.8, 4) is 22.9 Å². The molecule has 0 aliphatic rings. The molecule has 0 N–H and O–H groups in total. The van der Waals surface area contributed by atoms with E-state index in [9.17, 15) is 9.59 Å². The Balaban J connectivity index is 1.79. The fraction of sp³-hybridized carbons (Fsp3) is 0.432. The number of aromatic nitrogens is 2. The van der Waals surface area contributed by atoms with E-state index in [1.807, 2.05) is 79.4 Å². The summed E-state index contributed by atoms with van der Waals surface area (Å²) in [7, 11) is 3.22. The third-order valence-electron chi connectivity index (χ3n) is 7.94. The van der Waals surface area contributed by atoms with Crippen molar-refractivity contribution in [2.24, 2.45) is 11.3 Å². The van der Waals surface area contributed by atoms with Gasteiger partial charge in [-0.25, -0.2) is 4.98 Å². The van der Waals surface area contributed by atoms with Gasteiger partial charge in [-0.1, -0.05) is 45.9 Å². The summed E-state index contributed by atoms with van der Waals surface area (Å²) in [6.45, 7) is 13.6. The Labute approximate surface area is 267 Å². The molecule has 4 aromatic rings. The minimum Gasteiger partial charge on any atom is -0.494 e. The van der Waals surface area contributed by atoms with Gasteiger partial charge in [-0.3, -0.25) is 14.2 Å². The van der Waals surface area contributed by atoms with Crippen LogP contribution in [0.25, 0.3) is 16.6 Å². The number of carbonyl (C=O) groups excluding carboxylic acids is 1. The number of para-hydroxylation sites is 1. The molecular weight excluding hydrogens is 566 g/mol. The van der Waals surface area contributed by atoms with Crippen molar-refractivity contribution in [3.63, 3.8) is 0 Å². The molecule has 1 amide bonds. The first kappa shape index (κ1) is 33.6. The third-order valence-corrected chi connectivity index (χ3v) is 7.94. The van der Waals surface area contributed by atoms with Crippen LogP contribution in [0.1, 0.15) is 71.8 Å². The predicted molar refractivity (Wildman–Crippen MR) is 180 cm³/mol. The maximum atomic E-state index is 14.2. The summed E-state index contributed by atoms with van der Waals surface area (Å²) < 4.78 is 18.2. The van der Waals surface area contributed by atoms with Gasteiger partial charge in [0.25, 0.3) is 5.56 Å². The van der Waals surface area contributed by atoms with Gasteiger partial charge < -0.3 is 19.1 Å². The molecule has 8 nitrogen and oxygen atoms in total. The van der Waals surface area contributed by atoms with Crippen molar-refractivity contribution in [1.82, 2.24) is 14.5 Å². The van der Waals surface area contributed by atoms with Gasteiger partial charge in [-0.2, -0.15) is 0 Å². The Morgan fingerprint density at radius 2 is 1.64 bits per heavy atom. The second kappa shape index (κ2) is 14.6. The fourth-order valence-corrected chi connectivity index (χ4v) is 6.03. The second-order valence-electron chi connectivity index (χ2n) is 12.8. The molecule has 1 aromatic heterocycles. The maximum absolute atomic E-state index is 14.2. The van der Waals surface area contributed by atoms with Crippen molar-refractivity contribution >= 4 is 16.8 Å². The molecule has 2 unspecified atom stereocenters. The zero-order chi connectivity index (χ0) is 32.7. The predicted octanol–water partition coefficient (Wildman–Crippen LogP) is 7.40. The van der Waals surface area contributed by atoms with Gasteiger partial charge >= 0.3 is 0 Å². The number of methoxy groups -OCH3 is 2. The zero-order valence-corrected chi connectivity index (χ0v) is 27.9. The fourth-order valence-electron chi connectivity index (χ4n) is 6.03. The summed E-state index contributed by atoms with van der Waals surface area (Å²) in [5, 5.41) is 0.518. The normalized spacial score (nSPS) is 12.9. The third kappa shape index (κ3) is 8.24. The van der Waals surface area contributed by atoms with Crippen LogP contribution in [0.4, 0.5) is 0 Å². The minimum atomic E-state index is -0.497. The summed E-state index contributed by atoms with van der Waals surface area (Å²) in [4.78, 5) is 35.1. The first-order valence-electron chi connectivity index (χ1n) is 15.7. The number of nitrogens with zero attached hydrogens (tertiary/aromatic N) is 3. The van der Waals surface area contributed by atoms with E-state index in [-0.39, 0.29) is 22.8 Å². The van der Waals surface area contributed by atoms with Crippen molar-refractivity contribution in [1.29, 1.82) is 0 Å². The Kier molecular flexibility index (Phi) is 10.9. The molecule has 0 radical (unpaired) electrons. The quantitative estimate of drug-likeness (QED) is 0.156. The lowest BCUT2D eigenvalue weighted by Gasteiger charge is -2.32. The lowest BCUT2D eigenvalue weighted by molar-refractivity contribution is -0.134. The molecule has 0 bridgehead atoms. The number of amides is 1. The van der Waals surface area contributed by atoms with Crippen molar-refractivity contribution < 1.29 is 19.0 Å². The van der Waals surface area contributed by atoms with E-state index < -0.39 is 6.04 Å². The van der Waals surface area contributed by atoms with Gasteiger partial charge in [0.15, 0.2) is 11.5 Å². The Morgan fingerprint density at radius 1 is 0.956 bits per heavy atom. The molecule has 0 fully saturated rings. The van der Waals surface area contributed by atoms with Crippen LogP contribution in [-0.2, 0) is 11.2 Å². The highest BCUT2D eigenvalue weighted by molar-refractivity contribution is 5.79. The van der Waals surface area contributed by atoms with Crippen LogP contribution in [0.5, 0.6) is 17.2 Å². The number of hydrogen-bond donors (Lipinski definition) is 0. The molecule has 1 heterocycles. The molecule has 0 aliphatic carbocycles. The minimum absolute atomic E-state index is 0.0281. The molecule has 0 aliphatic heterocycles. The number of hydrogen-bond acceptors (Lipinski definition) is 6. The number of ether oxygens (including phenoxy) is 3. The largest absolute Gasteiger partial charge is 0.494 e. The van der Waals surface area contributed by atoms with Crippen LogP contribution < -0.4 is 19.8 Å². The van der Waals surface area contributed by atoms with E-state index in [1.54, 1.807) is 24.9 Å². The van der Waals surface area contributed by atoms with Crippen molar-refractivity contribution in [3.05, 3.63) is 88.5 Å². The van der Waals surface area contributed by atoms with E-state index in [4.69, 9.17) is 19.2 Å². The van der Waals surface area contributed by atoms with E-state index >= 15 is 0 Å². The van der Waals surface area contributed by atoms with E-state index in [2.05, 4.69) is 27.7 Å². The molecule has 240 valence electrons. The lowest BCUT2D eigenvalue weighted by Crippen LogP contribution is -2.39. The first-order chi connectivity index (χ1) is 21.4. The lowest BCUT2D eigenvalue weighted by atomic mass is 9.84. The highest BCUT2D eigenvalue weighted by Crippen LogP contribution is 2.31. The highest BCUT2D eigenvalue weighted by Gasteiger charge is 2.29. The SMILES string of the molecule is CCOc1ccc(-n2c(C(C)N(CCc3ccc(OC)c(OC)c3)C(=O)CC(C)CC(C)(C)C)nc3ccccc3c2=O)cc1. The van der Waals surface area contributed by atoms with Crippen LogP contribution in [0.3, 0.4) is 0 Å². The number of fused-ring (bicyclic) bond motifs is 1. The van der Waals surface area contributed by atoms with Gasteiger partial charge in [0.2, 0.25) is 5.91 Å². The standard InChI is InChI=1S/C37H47N3O5/c1-9-45-29-17-15-28(16-18-29)40-35(38-31-13-11-10-12-30(31)36(40)42)26(3)39(34(41)22-25(2)24-37(4,5)6)21-20-27-14-19-32(43-7)33(23-27)44-8/h10-19,23,25-26H,9,20-22,24H2,1-8H3. The zero-order valence-electron chi connectivity index (χ0n) is 27.9. The van der Waals surface area contributed by atoms with Gasteiger partial charge in [0, 0.05) is 13.0 Å². The van der Waals surface area contributed by atoms with Gasteiger partial charge in [-0.15, -0.1) is 0 Å². The molecule has 45 heavy (non-hydrogen) atoms. The average molecular weight is 614 g/mol. The summed E-state index contributed by atoms with van der Waals surface area (Å²) in [5.74, 6) is 2.73. The summed E-state index contributed by atoms with van der Waals surface area (Å²) in [6.07, 6.45) is 1.90. The van der Waals surface area contributed by atoms with E-state index in [1.165, 1.54) is 0 Å². The molecule has 0 saturated carbocycles. The van der Waals surface area contributed by atoms with Crippen LogP contribution >= 0.6 is 0 Å². The number of benzene rings is 3. The molecule has 0 spiro atoms. The monoisotopic (exact) mass is 613 g/mol. The molecular formula is C37H47N3O5. The summed E-state index contributed by atoms with van der Waals surface area (Å²) in [5.41, 5.74) is 2.19. The first-order valence-corrected chi connectivity index (χ1v) is 15.7. The molecule has 8 heteroatoms. The van der Waals surface area contributed by atoms with Crippen molar-refractivity contribution in [2.75, 3.05) is 27.4 Å².